The van der Waals surface area contributed by atoms with Crippen molar-refractivity contribution in [3.8, 4) is 0 Å². The Labute approximate surface area is 135 Å². The molecule has 0 unspecified atom stereocenters. The third-order valence-electron chi connectivity index (χ3n) is 3.36. The zero-order valence-corrected chi connectivity index (χ0v) is 13.2. The molecule has 1 saturated heterocycles. The van der Waals surface area contributed by atoms with Crippen molar-refractivity contribution in [2.24, 2.45) is 0 Å². The summed E-state index contributed by atoms with van der Waals surface area (Å²) in [5.41, 5.74) is 0.343. The first-order valence-corrected chi connectivity index (χ1v) is 7.45. The number of hydrogen-bond donors (Lipinski definition) is 1. The Morgan fingerprint density at radius 3 is 2.52 bits per heavy atom. The minimum Gasteiger partial charge on any atom is -0.460 e. The predicted octanol–water partition coefficient (Wildman–Crippen LogP) is 0.427. The van der Waals surface area contributed by atoms with Gasteiger partial charge in [0.25, 0.3) is 0 Å². The zero-order chi connectivity index (χ0) is 16.7. The number of carbonyl (C=O) groups is 2. The second kappa shape index (κ2) is 8.11. The summed E-state index contributed by atoms with van der Waals surface area (Å²) in [5, 5.41) is 2.73. The summed E-state index contributed by atoms with van der Waals surface area (Å²) in [6.07, 6.45) is 3.40. The molecule has 124 valence electrons. The van der Waals surface area contributed by atoms with E-state index in [0.717, 1.165) is 0 Å². The summed E-state index contributed by atoms with van der Waals surface area (Å²) in [5.74, 6) is 0.231. The van der Waals surface area contributed by atoms with Crippen LogP contribution >= 0.6 is 0 Å². The maximum atomic E-state index is 12.0. The summed E-state index contributed by atoms with van der Waals surface area (Å²) in [4.78, 5) is 35.4. The van der Waals surface area contributed by atoms with E-state index in [4.69, 9.17) is 4.74 Å². The molecular formula is C15H21N5O3. The van der Waals surface area contributed by atoms with Gasteiger partial charge in [0.2, 0.25) is 5.95 Å². The molecule has 0 saturated carbocycles. The third kappa shape index (κ3) is 4.94. The molecular weight excluding hydrogens is 298 g/mol. The maximum absolute atomic E-state index is 12.0. The van der Waals surface area contributed by atoms with Crippen molar-refractivity contribution >= 4 is 17.9 Å². The van der Waals surface area contributed by atoms with Gasteiger partial charge in [-0.05, 0) is 13.0 Å². The number of anilines is 1. The fourth-order valence-electron chi connectivity index (χ4n) is 2.10. The quantitative estimate of drug-likeness (QED) is 0.481. The van der Waals surface area contributed by atoms with Crippen molar-refractivity contribution in [3.63, 3.8) is 0 Å². The minimum atomic E-state index is -0.448. The van der Waals surface area contributed by atoms with Crippen LogP contribution in [0.25, 0.3) is 0 Å². The number of piperazine rings is 1. The van der Waals surface area contributed by atoms with Gasteiger partial charge < -0.3 is 19.9 Å². The fourth-order valence-corrected chi connectivity index (χ4v) is 2.10. The van der Waals surface area contributed by atoms with Crippen LogP contribution in [-0.2, 0) is 9.53 Å². The van der Waals surface area contributed by atoms with E-state index in [9.17, 15) is 9.59 Å². The monoisotopic (exact) mass is 319 g/mol. The number of esters is 1. The van der Waals surface area contributed by atoms with Gasteiger partial charge in [-0.15, -0.1) is 0 Å². The van der Waals surface area contributed by atoms with E-state index in [2.05, 4.69) is 21.9 Å². The number of aromatic nitrogens is 2. The Bertz CT molecular complexity index is 555. The first-order valence-electron chi connectivity index (χ1n) is 7.45. The van der Waals surface area contributed by atoms with E-state index in [1.807, 2.05) is 4.90 Å². The summed E-state index contributed by atoms with van der Waals surface area (Å²) < 4.78 is 4.92. The lowest BCUT2D eigenvalue weighted by atomic mass is 10.3. The summed E-state index contributed by atoms with van der Waals surface area (Å²) in [6, 6.07) is 1.61. The smallest absolute Gasteiger partial charge is 0.333 e. The SMILES string of the molecule is C=C(C)C(=O)OCCNC(=O)N1CCN(c2ncccn2)CC1. The first-order chi connectivity index (χ1) is 11.1. The molecule has 0 aliphatic carbocycles. The zero-order valence-electron chi connectivity index (χ0n) is 13.2. The molecule has 8 nitrogen and oxygen atoms in total. The van der Waals surface area contributed by atoms with Crippen LogP contribution in [0, 0.1) is 0 Å². The fraction of sp³-hybridized carbons (Fsp3) is 0.467. The number of nitrogens with zero attached hydrogens (tertiary/aromatic N) is 4. The Balaban J connectivity index is 1.68. The number of hydrogen-bond acceptors (Lipinski definition) is 6. The van der Waals surface area contributed by atoms with Crippen LogP contribution in [0.2, 0.25) is 0 Å². The Morgan fingerprint density at radius 2 is 1.91 bits per heavy atom. The highest BCUT2D eigenvalue weighted by molar-refractivity contribution is 5.86. The van der Waals surface area contributed by atoms with Gasteiger partial charge in [-0.1, -0.05) is 6.58 Å². The van der Waals surface area contributed by atoms with Crippen LogP contribution in [0.1, 0.15) is 6.92 Å². The predicted molar refractivity (Wildman–Crippen MR) is 85.0 cm³/mol. The molecule has 2 heterocycles. The van der Waals surface area contributed by atoms with Crippen molar-refractivity contribution in [2.75, 3.05) is 44.2 Å². The highest BCUT2D eigenvalue weighted by Crippen LogP contribution is 2.09. The van der Waals surface area contributed by atoms with Gasteiger partial charge in [-0.25, -0.2) is 19.6 Å². The lowest BCUT2D eigenvalue weighted by Gasteiger charge is -2.34. The molecule has 23 heavy (non-hydrogen) atoms. The first kappa shape index (κ1) is 16.7. The molecule has 1 fully saturated rings. The van der Waals surface area contributed by atoms with Crippen LogP contribution in [0.4, 0.5) is 10.7 Å². The number of amides is 2. The molecule has 1 N–H and O–H groups in total. The molecule has 0 spiro atoms. The number of carbonyl (C=O) groups excluding carboxylic acids is 2. The number of rotatable bonds is 5. The van der Waals surface area contributed by atoms with Crippen LogP contribution in [0.15, 0.2) is 30.6 Å². The second-order valence-electron chi connectivity index (χ2n) is 5.17. The van der Waals surface area contributed by atoms with Gasteiger partial charge in [0.05, 0.1) is 6.54 Å². The molecule has 0 bridgehead atoms. The molecule has 2 rings (SSSR count). The van der Waals surface area contributed by atoms with Crippen LogP contribution in [-0.4, -0.2) is 66.2 Å². The van der Waals surface area contributed by atoms with Gasteiger partial charge in [-0.2, -0.15) is 0 Å². The summed E-state index contributed by atoms with van der Waals surface area (Å²) >= 11 is 0. The minimum absolute atomic E-state index is 0.134. The number of nitrogens with one attached hydrogen (secondary N) is 1. The number of ether oxygens (including phenoxy) is 1. The van der Waals surface area contributed by atoms with Gasteiger partial charge in [-0.3, -0.25) is 0 Å². The molecule has 1 aliphatic rings. The van der Waals surface area contributed by atoms with Crippen molar-refractivity contribution in [1.82, 2.24) is 20.2 Å². The summed E-state index contributed by atoms with van der Waals surface area (Å²) in [7, 11) is 0. The Hall–Kier alpha value is -2.64. The highest BCUT2D eigenvalue weighted by atomic mass is 16.5. The number of urea groups is 1. The van der Waals surface area contributed by atoms with Crippen molar-refractivity contribution in [1.29, 1.82) is 0 Å². The molecule has 0 atom stereocenters. The van der Waals surface area contributed by atoms with Crippen LogP contribution in [0.3, 0.4) is 0 Å². The molecule has 1 aliphatic heterocycles. The van der Waals surface area contributed by atoms with Crippen molar-refractivity contribution in [3.05, 3.63) is 30.6 Å². The van der Waals surface area contributed by atoms with Crippen LogP contribution in [0.5, 0.6) is 0 Å². The van der Waals surface area contributed by atoms with E-state index >= 15 is 0 Å². The van der Waals surface area contributed by atoms with Crippen LogP contribution < -0.4 is 10.2 Å². The molecule has 1 aromatic heterocycles. The largest absolute Gasteiger partial charge is 0.460 e. The molecule has 8 heteroatoms. The molecule has 1 aromatic rings. The van der Waals surface area contributed by atoms with Crippen molar-refractivity contribution in [2.45, 2.75) is 6.92 Å². The Kier molecular flexibility index (Phi) is 5.90. The highest BCUT2D eigenvalue weighted by Gasteiger charge is 2.22. The lowest BCUT2D eigenvalue weighted by Crippen LogP contribution is -2.52. The van der Waals surface area contributed by atoms with E-state index in [1.54, 1.807) is 30.3 Å². The third-order valence-corrected chi connectivity index (χ3v) is 3.36. The van der Waals surface area contributed by atoms with Crippen molar-refractivity contribution < 1.29 is 14.3 Å². The van der Waals surface area contributed by atoms with E-state index < -0.39 is 5.97 Å². The molecule has 0 aromatic carbocycles. The average Bonchev–Trinajstić information content (AvgIpc) is 2.59. The standard InChI is InChI=1S/C15H21N5O3/c1-12(2)13(21)23-11-6-18-15(22)20-9-7-19(8-10-20)14-16-4-3-5-17-14/h3-5H,1,6-11H2,2H3,(H,18,22). The van der Waals surface area contributed by atoms with E-state index in [1.165, 1.54) is 0 Å². The average molecular weight is 319 g/mol. The normalized spacial score (nSPS) is 14.3. The van der Waals surface area contributed by atoms with Gasteiger partial charge in [0, 0.05) is 44.1 Å². The lowest BCUT2D eigenvalue weighted by molar-refractivity contribution is -0.138. The summed E-state index contributed by atoms with van der Waals surface area (Å²) in [6.45, 7) is 8.03. The van der Waals surface area contributed by atoms with E-state index in [0.29, 0.717) is 37.7 Å². The van der Waals surface area contributed by atoms with E-state index in [-0.39, 0.29) is 19.2 Å². The van der Waals surface area contributed by atoms with Gasteiger partial charge in [0.1, 0.15) is 6.61 Å². The second-order valence-corrected chi connectivity index (χ2v) is 5.17. The van der Waals surface area contributed by atoms with Gasteiger partial charge >= 0.3 is 12.0 Å². The van der Waals surface area contributed by atoms with Gasteiger partial charge in [0.15, 0.2) is 0 Å². The molecule has 2 amide bonds. The maximum Gasteiger partial charge on any atom is 0.333 e. The Morgan fingerprint density at radius 1 is 1.26 bits per heavy atom. The molecule has 0 radical (unpaired) electrons. The topological polar surface area (TPSA) is 87.7 Å².